The molecule has 16 heavy (non-hydrogen) atoms. The first-order valence-electron chi connectivity index (χ1n) is 5.22. The second-order valence-electron chi connectivity index (χ2n) is 4.08. The van der Waals surface area contributed by atoms with Gasteiger partial charge < -0.3 is 0 Å². The summed E-state index contributed by atoms with van der Waals surface area (Å²) in [5.41, 5.74) is 0.815. The normalized spacial score (nSPS) is 11.2. The Kier molecular flexibility index (Phi) is 2.64. The van der Waals surface area contributed by atoms with Crippen molar-refractivity contribution in [3.8, 4) is 0 Å². The average Bonchev–Trinajstić information content (AvgIpc) is 2.80. The molecule has 6 nitrogen and oxygen atoms in total. The van der Waals surface area contributed by atoms with Crippen LogP contribution in [-0.4, -0.2) is 24.5 Å². The Bertz CT molecular complexity index is 533. The predicted molar refractivity (Wildman–Crippen MR) is 59.3 cm³/mol. The number of H-pyrrole nitrogens is 1. The highest BCUT2D eigenvalue weighted by Crippen LogP contribution is 2.06. The lowest BCUT2D eigenvalue weighted by molar-refractivity contribution is 0.531. The molecule has 0 aliphatic rings. The maximum Gasteiger partial charge on any atom is 0.343 e. The first-order valence-corrected chi connectivity index (χ1v) is 5.22. The van der Waals surface area contributed by atoms with Crippen molar-refractivity contribution < 1.29 is 0 Å². The van der Waals surface area contributed by atoms with Crippen LogP contribution < -0.4 is 5.69 Å². The molecular formula is C10H15N5O. The summed E-state index contributed by atoms with van der Waals surface area (Å²) in [7, 11) is 0. The summed E-state index contributed by atoms with van der Waals surface area (Å²) < 4.78 is 3.46. The average molecular weight is 221 g/mol. The van der Waals surface area contributed by atoms with Crippen LogP contribution in [0.2, 0.25) is 0 Å². The fourth-order valence-corrected chi connectivity index (χ4v) is 1.51. The van der Waals surface area contributed by atoms with Gasteiger partial charge in [-0.15, -0.1) is 0 Å². The summed E-state index contributed by atoms with van der Waals surface area (Å²) in [5.74, 6) is 0.683. The molecule has 0 saturated carbocycles. The summed E-state index contributed by atoms with van der Waals surface area (Å²) in [6.45, 7) is 6.43. The van der Waals surface area contributed by atoms with E-state index in [1.54, 1.807) is 17.7 Å². The zero-order valence-corrected chi connectivity index (χ0v) is 9.64. The van der Waals surface area contributed by atoms with E-state index in [4.69, 9.17) is 0 Å². The van der Waals surface area contributed by atoms with Gasteiger partial charge in [-0.1, -0.05) is 0 Å². The molecule has 0 aliphatic carbocycles. The lowest BCUT2D eigenvalue weighted by Crippen LogP contribution is -2.18. The molecular weight excluding hydrogens is 206 g/mol. The Morgan fingerprint density at radius 1 is 1.50 bits per heavy atom. The summed E-state index contributed by atoms with van der Waals surface area (Å²) in [6, 6.07) is 0.330. The molecule has 0 amide bonds. The molecule has 2 aromatic rings. The molecule has 0 bridgehead atoms. The van der Waals surface area contributed by atoms with Crippen molar-refractivity contribution >= 4 is 0 Å². The van der Waals surface area contributed by atoms with E-state index in [1.165, 1.54) is 0 Å². The molecule has 86 valence electrons. The largest absolute Gasteiger partial charge is 0.343 e. The van der Waals surface area contributed by atoms with Gasteiger partial charge in [0, 0.05) is 17.8 Å². The van der Waals surface area contributed by atoms with Crippen molar-refractivity contribution in [3.05, 3.63) is 34.3 Å². The minimum atomic E-state index is -0.185. The second-order valence-corrected chi connectivity index (χ2v) is 4.08. The first kappa shape index (κ1) is 10.7. The molecule has 0 saturated heterocycles. The van der Waals surface area contributed by atoms with E-state index in [0.29, 0.717) is 18.4 Å². The number of hydrogen-bond acceptors (Lipinski definition) is 3. The monoisotopic (exact) mass is 221 g/mol. The number of rotatable bonds is 3. The lowest BCUT2D eigenvalue weighted by atomic mass is 10.3. The summed E-state index contributed by atoms with van der Waals surface area (Å²) in [5, 5.41) is 10.5. The smallest absolute Gasteiger partial charge is 0.275 e. The summed E-state index contributed by atoms with van der Waals surface area (Å²) in [4.78, 5) is 11.4. The van der Waals surface area contributed by atoms with Crippen LogP contribution in [0.3, 0.4) is 0 Å². The van der Waals surface area contributed by atoms with Gasteiger partial charge in [-0.3, -0.25) is 9.25 Å². The van der Waals surface area contributed by atoms with Crippen LogP contribution in [0.5, 0.6) is 0 Å². The van der Waals surface area contributed by atoms with Gasteiger partial charge in [-0.2, -0.15) is 10.2 Å². The van der Waals surface area contributed by atoms with Gasteiger partial charge in [-0.25, -0.2) is 9.89 Å². The third-order valence-corrected chi connectivity index (χ3v) is 2.47. The van der Waals surface area contributed by atoms with Gasteiger partial charge in [-0.05, 0) is 20.8 Å². The number of hydrogen-bond donors (Lipinski definition) is 1. The Labute approximate surface area is 92.9 Å². The van der Waals surface area contributed by atoms with E-state index in [1.807, 2.05) is 10.9 Å². The van der Waals surface area contributed by atoms with Crippen LogP contribution in [0.25, 0.3) is 0 Å². The van der Waals surface area contributed by atoms with Crippen LogP contribution in [0, 0.1) is 6.92 Å². The van der Waals surface area contributed by atoms with Crippen molar-refractivity contribution in [1.82, 2.24) is 24.5 Å². The van der Waals surface area contributed by atoms with Crippen molar-refractivity contribution in [2.45, 2.75) is 33.4 Å². The fourth-order valence-electron chi connectivity index (χ4n) is 1.51. The third-order valence-electron chi connectivity index (χ3n) is 2.47. The molecule has 0 spiro atoms. The predicted octanol–water partition coefficient (Wildman–Crippen LogP) is 0.706. The van der Waals surface area contributed by atoms with Gasteiger partial charge in [0.15, 0.2) is 0 Å². The second kappa shape index (κ2) is 3.96. The lowest BCUT2D eigenvalue weighted by Gasteiger charge is -2.03. The number of aryl methyl sites for hydroxylation is 1. The van der Waals surface area contributed by atoms with E-state index < -0.39 is 0 Å². The van der Waals surface area contributed by atoms with Gasteiger partial charge in [0.2, 0.25) is 0 Å². The first-order chi connectivity index (χ1) is 7.58. The molecule has 6 heteroatoms. The summed E-state index contributed by atoms with van der Waals surface area (Å²) in [6.07, 6.45) is 3.72. The van der Waals surface area contributed by atoms with Crippen LogP contribution >= 0.6 is 0 Å². The van der Waals surface area contributed by atoms with Gasteiger partial charge in [0.05, 0.1) is 12.7 Å². The van der Waals surface area contributed by atoms with Crippen molar-refractivity contribution in [2.24, 2.45) is 0 Å². The van der Waals surface area contributed by atoms with Crippen molar-refractivity contribution in [3.63, 3.8) is 0 Å². The number of aromatic amines is 1. The maximum atomic E-state index is 11.4. The van der Waals surface area contributed by atoms with E-state index in [0.717, 1.165) is 5.56 Å². The topological polar surface area (TPSA) is 68.5 Å². The molecule has 1 N–H and O–H groups in total. The Morgan fingerprint density at radius 3 is 2.75 bits per heavy atom. The highest BCUT2D eigenvalue weighted by atomic mass is 16.1. The molecule has 2 rings (SSSR count). The molecule has 0 radical (unpaired) electrons. The Hall–Kier alpha value is -1.85. The standard InChI is InChI=1S/C10H15N5O/c1-7(2)15-6-9(4-11-15)5-14-8(3)12-13-10(14)16/h4,6-7H,5H2,1-3H3,(H,13,16). The van der Waals surface area contributed by atoms with Crippen molar-refractivity contribution in [2.75, 3.05) is 0 Å². The van der Waals surface area contributed by atoms with Crippen LogP contribution in [0.15, 0.2) is 17.2 Å². The minimum absolute atomic E-state index is 0.185. The van der Waals surface area contributed by atoms with Crippen molar-refractivity contribution in [1.29, 1.82) is 0 Å². The van der Waals surface area contributed by atoms with Crippen LogP contribution in [0.4, 0.5) is 0 Å². The quantitative estimate of drug-likeness (QED) is 0.829. The Morgan fingerprint density at radius 2 is 2.25 bits per heavy atom. The van der Waals surface area contributed by atoms with E-state index in [9.17, 15) is 4.79 Å². The molecule has 0 aliphatic heterocycles. The molecule has 2 aromatic heterocycles. The van der Waals surface area contributed by atoms with E-state index in [2.05, 4.69) is 29.1 Å². The van der Waals surface area contributed by atoms with E-state index in [-0.39, 0.29) is 5.69 Å². The fraction of sp³-hybridized carbons (Fsp3) is 0.500. The number of nitrogens with one attached hydrogen (secondary N) is 1. The van der Waals surface area contributed by atoms with E-state index >= 15 is 0 Å². The maximum absolute atomic E-state index is 11.4. The highest BCUT2D eigenvalue weighted by Gasteiger charge is 2.07. The Balaban J connectivity index is 2.24. The molecule has 0 atom stereocenters. The van der Waals surface area contributed by atoms with Gasteiger partial charge >= 0.3 is 5.69 Å². The summed E-state index contributed by atoms with van der Waals surface area (Å²) >= 11 is 0. The van der Waals surface area contributed by atoms with Gasteiger partial charge in [0.25, 0.3) is 0 Å². The molecule has 0 aromatic carbocycles. The zero-order chi connectivity index (χ0) is 11.7. The van der Waals surface area contributed by atoms with Crippen LogP contribution in [-0.2, 0) is 6.54 Å². The SMILES string of the molecule is Cc1n[nH]c(=O)n1Cc1cnn(C(C)C)c1. The highest BCUT2D eigenvalue weighted by molar-refractivity contribution is 5.06. The molecule has 0 fully saturated rings. The zero-order valence-electron chi connectivity index (χ0n) is 9.64. The molecule has 2 heterocycles. The molecule has 0 unspecified atom stereocenters. The van der Waals surface area contributed by atoms with Crippen LogP contribution in [0.1, 0.15) is 31.3 Å². The third kappa shape index (κ3) is 1.91. The number of nitrogens with zero attached hydrogens (tertiary/aromatic N) is 4. The van der Waals surface area contributed by atoms with Gasteiger partial charge in [0.1, 0.15) is 5.82 Å². The number of aromatic nitrogens is 5. The minimum Gasteiger partial charge on any atom is -0.275 e.